The van der Waals surface area contributed by atoms with Crippen molar-refractivity contribution in [1.82, 2.24) is 4.90 Å². The minimum atomic E-state index is -0.310. The molecule has 3 nitrogen and oxygen atoms in total. The van der Waals surface area contributed by atoms with Crippen molar-refractivity contribution in [2.24, 2.45) is 4.99 Å². The Hall–Kier alpha value is -1.88. The highest BCUT2D eigenvalue weighted by atomic mass is 79.9. The molecule has 0 atom stereocenters. The highest BCUT2D eigenvalue weighted by Gasteiger charge is 2.08. The van der Waals surface area contributed by atoms with Gasteiger partial charge in [-0.25, -0.2) is 9.38 Å². The van der Waals surface area contributed by atoms with Gasteiger partial charge in [0.05, 0.1) is 16.5 Å². The van der Waals surface area contributed by atoms with E-state index in [2.05, 4.69) is 27.8 Å². The lowest BCUT2D eigenvalue weighted by Crippen LogP contribution is -2.14. The minimum Gasteiger partial charge on any atom is -0.457 e. The molecule has 0 fully saturated rings. The summed E-state index contributed by atoms with van der Waals surface area (Å²) in [6.45, 7) is 6.94. The fourth-order valence-corrected chi connectivity index (χ4v) is 2.29. The van der Waals surface area contributed by atoms with Crippen LogP contribution in [0.3, 0.4) is 0 Å². The van der Waals surface area contributed by atoms with Crippen LogP contribution < -0.4 is 4.74 Å². The van der Waals surface area contributed by atoms with Crippen LogP contribution in [0.5, 0.6) is 11.5 Å². The number of nitrogens with zero attached hydrogens (tertiary/aromatic N) is 2. The van der Waals surface area contributed by atoms with Crippen molar-refractivity contribution in [2.75, 3.05) is 13.6 Å². The van der Waals surface area contributed by atoms with E-state index in [9.17, 15) is 4.39 Å². The van der Waals surface area contributed by atoms with Crippen molar-refractivity contribution >= 4 is 28.0 Å². The van der Waals surface area contributed by atoms with Crippen molar-refractivity contribution in [3.05, 3.63) is 51.7 Å². The third-order valence-electron chi connectivity index (χ3n) is 3.51. The first-order valence-electron chi connectivity index (χ1n) is 7.39. The minimum absolute atomic E-state index is 0.310. The van der Waals surface area contributed by atoms with E-state index in [1.54, 1.807) is 12.1 Å². The van der Waals surface area contributed by atoms with E-state index in [-0.39, 0.29) is 5.82 Å². The molecule has 0 unspecified atom stereocenters. The Kier molecular flexibility index (Phi) is 5.77. The summed E-state index contributed by atoms with van der Waals surface area (Å²) in [5.41, 5.74) is 2.91. The van der Waals surface area contributed by atoms with Gasteiger partial charge in [-0.15, -0.1) is 0 Å². The lowest BCUT2D eigenvalue weighted by Gasteiger charge is -2.13. The average molecular weight is 379 g/mol. The van der Waals surface area contributed by atoms with E-state index in [0.29, 0.717) is 10.2 Å². The monoisotopic (exact) mass is 378 g/mol. The number of ether oxygens (including phenoxy) is 1. The summed E-state index contributed by atoms with van der Waals surface area (Å²) in [4.78, 5) is 6.51. The summed E-state index contributed by atoms with van der Waals surface area (Å²) in [6.07, 6.45) is 1.82. The van der Waals surface area contributed by atoms with Gasteiger partial charge in [0, 0.05) is 13.6 Å². The lowest BCUT2D eigenvalue weighted by molar-refractivity contribution is 0.476. The zero-order valence-corrected chi connectivity index (χ0v) is 15.3. The summed E-state index contributed by atoms with van der Waals surface area (Å²) in [5, 5.41) is 0. The second-order valence-corrected chi connectivity index (χ2v) is 6.25. The highest BCUT2D eigenvalue weighted by Crippen LogP contribution is 2.32. The van der Waals surface area contributed by atoms with Crippen LogP contribution in [0, 0.1) is 19.7 Å². The number of aliphatic imine (C=N–C) groups is 1. The standard InChI is InChI=1S/C18H20BrFN2O/c1-5-22(4)11-21-17-8-13(3)18(9-12(17)2)23-14-6-7-16(20)15(19)10-14/h6-11H,5H2,1-4H3. The molecule has 0 saturated carbocycles. The molecule has 0 heterocycles. The molecule has 5 heteroatoms. The van der Waals surface area contributed by atoms with Crippen LogP contribution in [0.25, 0.3) is 0 Å². The largest absolute Gasteiger partial charge is 0.457 e. The third kappa shape index (κ3) is 4.55. The molecule has 0 aliphatic carbocycles. The Balaban J connectivity index is 2.25. The maximum atomic E-state index is 13.3. The van der Waals surface area contributed by atoms with Crippen LogP contribution in [0.1, 0.15) is 18.1 Å². The Morgan fingerprint density at radius 2 is 1.96 bits per heavy atom. The van der Waals surface area contributed by atoms with Crippen molar-refractivity contribution in [3.8, 4) is 11.5 Å². The van der Waals surface area contributed by atoms with Gasteiger partial charge in [-0.05, 0) is 78.2 Å². The predicted molar refractivity (Wildman–Crippen MR) is 96.5 cm³/mol. The SMILES string of the molecule is CCN(C)C=Nc1cc(C)c(Oc2ccc(F)c(Br)c2)cc1C. The summed E-state index contributed by atoms with van der Waals surface area (Å²) >= 11 is 3.17. The van der Waals surface area contributed by atoms with E-state index >= 15 is 0 Å². The zero-order chi connectivity index (χ0) is 17.0. The Labute approximate surface area is 144 Å². The smallest absolute Gasteiger partial charge is 0.137 e. The van der Waals surface area contributed by atoms with Gasteiger partial charge in [-0.2, -0.15) is 0 Å². The molecule has 0 amide bonds. The molecule has 0 aliphatic rings. The molecule has 122 valence electrons. The van der Waals surface area contributed by atoms with E-state index in [1.807, 2.05) is 44.3 Å². The van der Waals surface area contributed by atoms with E-state index in [1.165, 1.54) is 6.07 Å². The molecule has 0 radical (unpaired) electrons. The number of hydrogen-bond donors (Lipinski definition) is 0. The van der Waals surface area contributed by atoms with Crippen LogP contribution in [0.15, 0.2) is 39.8 Å². The molecule has 0 N–H and O–H groups in total. The molecule has 0 aliphatic heterocycles. The topological polar surface area (TPSA) is 24.8 Å². The third-order valence-corrected chi connectivity index (χ3v) is 4.11. The second-order valence-electron chi connectivity index (χ2n) is 5.40. The van der Waals surface area contributed by atoms with Gasteiger partial charge in [0.15, 0.2) is 0 Å². The summed E-state index contributed by atoms with van der Waals surface area (Å²) < 4.78 is 19.5. The molecule has 2 aromatic rings. The fraction of sp³-hybridized carbons (Fsp3) is 0.278. The van der Waals surface area contributed by atoms with Crippen LogP contribution in [0.2, 0.25) is 0 Å². The van der Waals surface area contributed by atoms with Crippen molar-refractivity contribution in [2.45, 2.75) is 20.8 Å². The Morgan fingerprint density at radius 3 is 2.61 bits per heavy atom. The molecular weight excluding hydrogens is 359 g/mol. The van der Waals surface area contributed by atoms with Crippen molar-refractivity contribution in [3.63, 3.8) is 0 Å². The van der Waals surface area contributed by atoms with E-state index < -0.39 is 0 Å². The lowest BCUT2D eigenvalue weighted by atomic mass is 10.1. The molecule has 0 bridgehead atoms. The summed E-state index contributed by atoms with van der Waals surface area (Å²) in [6, 6.07) is 8.54. The number of aryl methyl sites for hydroxylation is 2. The van der Waals surface area contributed by atoms with Gasteiger partial charge in [0.25, 0.3) is 0 Å². The molecule has 2 aromatic carbocycles. The fourth-order valence-electron chi connectivity index (χ4n) is 1.93. The number of hydrogen-bond acceptors (Lipinski definition) is 2. The van der Waals surface area contributed by atoms with Crippen LogP contribution in [-0.2, 0) is 0 Å². The number of halogens is 2. The second kappa shape index (κ2) is 7.59. The van der Waals surface area contributed by atoms with Crippen LogP contribution in [-0.4, -0.2) is 24.8 Å². The molecular formula is C18H20BrFN2O. The van der Waals surface area contributed by atoms with Crippen molar-refractivity contribution < 1.29 is 9.13 Å². The van der Waals surface area contributed by atoms with E-state index in [0.717, 1.165) is 29.1 Å². The number of rotatable bonds is 5. The molecule has 23 heavy (non-hydrogen) atoms. The van der Waals surface area contributed by atoms with E-state index in [4.69, 9.17) is 4.74 Å². The summed E-state index contributed by atoms with van der Waals surface area (Å²) in [5.74, 6) is 1.02. The normalized spacial score (nSPS) is 11.0. The molecule has 0 aromatic heterocycles. The molecule has 2 rings (SSSR count). The van der Waals surface area contributed by atoms with Gasteiger partial charge in [-0.1, -0.05) is 0 Å². The average Bonchev–Trinajstić information content (AvgIpc) is 2.52. The highest BCUT2D eigenvalue weighted by molar-refractivity contribution is 9.10. The van der Waals surface area contributed by atoms with Gasteiger partial charge < -0.3 is 9.64 Å². The molecule has 0 spiro atoms. The quantitative estimate of drug-likeness (QED) is 0.498. The molecule has 0 saturated heterocycles. The van der Waals surface area contributed by atoms with Gasteiger partial charge in [-0.3, -0.25) is 0 Å². The van der Waals surface area contributed by atoms with Gasteiger partial charge in [0.2, 0.25) is 0 Å². The first-order valence-corrected chi connectivity index (χ1v) is 8.18. The Morgan fingerprint density at radius 1 is 1.22 bits per heavy atom. The maximum Gasteiger partial charge on any atom is 0.137 e. The Bertz CT molecular complexity index is 731. The van der Waals surface area contributed by atoms with Crippen LogP contribution in [0.4, 0.5) is 10.1 Å². The van der Waals surface area contributed by atoms with Gasteiger partial charge in [0.1, 0.15) is 17.3 Å². The number of benzene rings is 2. The summed E-state index contributed by atoms with van der Waals surface area (Å²) in [7, 11) is 1.98. The van der Waals surface area contributed by atoms with Crippen molar-refractivity contribution in [1.29, 1.82) is 0 Å². The predicted octanol–water partition coefficient (Wildman–Crippen LogP) is 5.61. The zero-order valence-electron chi connectivity index (χ0n) is 13.7. The first kappa shape index (κ1) is 17.5. The first-order chi connectivity index (χ1) is 10.9. The van der Waals surface area contributed by atoms with Crippen LogP contribution >= 0.6 is 15.9 Å². The maximum absolute atomic E-state index is 13.3. The van der Waals surface area contributed by atoms with Gasteiger partial charge >= 0.3 is 0 Å².